The fourth-order valence-corrected chi connectivity index (χ4v) is 0.929. The Bertz CT molecular complexity index is 252. The van der Waals surface area contributed by atoms with Crippen molar-refractivity contribution in [2.24, 2.45) is 33.5 Å². The quantitative estimate of drug-likeness (QED) is 0.224. The fraction of sp³-hybridized carbons (Fsp3) is 0.750. The predicted molar refractivity (Wildman–Crippen MR) is 61.8 cm³/mol. The van der Waals surface area contributed by atoms with Gasteiger partial charge in [-0.1, -0.05) is 6.92 Å². The van der Waals surface area contributed by atoms with Gasteiger partial charge in [-0.15, -0.1) is 11.6 Å². The zero-order valence-electron chi connectivity index (χ0n) is 8.70. The molecule has 6 nitrogen and oxygen atoms in total. The number of hydrogen-bond acceptors (Lipinski definition) is 4. The van der Waals surface area contributed by atoms with E-state index >= 15 is 0 Å². The number of nitrogens with zero attached hydrogens (tertiary/aromatic N) is 2. The van der Waals surface area contributed by atoms with Crippen molar-refractivity contribution < 1.29 is 0 Å². The van der Waals surface area contributed by atoms with E-state index in [0.29, 0.717) is 13.1 Å². The van der Waals surface area contributed by atoms with Crippen LogP contribution in [0.4, 0.5) is 0 Å². The molecule has 0 aliphatic rings. The highest BCUT2D eigenvalue weighted by atomic mass is 35.5. The SMILES string of the molecule is CC(CN=NCC(CCl)C(=N)N)C(=N)N. The van der Waals surface area contributed by atoms with Crippen LogP contribution in [0.3, 0.4) is 0 Å². The van der Waals surface area contributed by atoms with Crippen LogP contribution < -0.4 is 11.5 Å². The van der Waals surface area contributed by atoms with Gasteiger partial charge in [0.05, 0.1) is 30.7 Å². The standard InChI is InChI=1S/C8H17ClN6/c1-5(7(10)11)3-14-15-4-6(2-9)8(12)13/h5-6H,2-4H2,1H3,(H3,10,11)(H3,12,13). The Labute approximate surface area is 94.1 Å². The molecule has 0 radical (unpaired) electrons. The van der Waals surface area contributed by atoms with E-state index in [2.05, 4.69) is 10.2 Å². The van der Waals surface area contributed by atoms with Crippen molar-refractivity contribution in [2.45, 2.75) is 6.92 Å². The van der Waals surface area contributed by atoms with E-state index in [0.717, 1.165) is 0 Å². The highest BCUT2D eigenvalue weighted by Gasteiger charge is 2.09. The number of azo groups is 1. The highest BCUT2D eigenvalue weighted by Crippen LogP contribution is 2.01. The first-order valence-corrected chi connectivity index (χ1v) is 5.09. The van der Waals surface area contributed by atoms with Crippen LogP contribution in [0.15, 0.2) is 10.2 Å². The summed E-state index contributed by atoms with van der Waals surface area (Å²) in [5.41, 5.74) is 10.5. The molecule has 0 amide bonds. The maximum Gasteiger partial charge on any atom is 0.0968 e. The zero-order valence-corrected chi connectivity index (χ0v) is 9.46. The Morgan fingerprint density at radius 3 is 2.13 bits per heavy atom. The molecule has 0 aliphatic carbocycles. The van der Waals surface area contributed by atoms with Crippen LogP contribution in [0.2, 0.25) is 0 Å². The van der Waals surface area contributed by atoms with Crippen LogP contribution in [-0.2, 0) is 0 Å². The molecule has 15 heavy (non-hydrogen) atoms. The fourth-order valence-electron chi connectivity index (χ4n) is 0.665. The van der Waals surface area contributed by atoms with Crippen molar-refractivity contribution in [3.05, 3.63) is 0 Å². The monoisotopic (exact) mass is 232 g/mol. The minimum Gasteiger partial charge on any atom is -0.387 e. The number of halogens is 1. The van der Waals surface area contributed by atoms with Gasteiger partial charge in [0.25, 0.3) is 0 Å². The molecule has 2 unspecified atom stereocenters. The molecule has 0 saturated heterocycles. The van der Waals surface area contributed by atoms with Gasteiger partial charge in [0.1, 0.15) is 0 Å². The maximum absolute atomic E-state index is 7.18. The summed E-state index contributed by atoms with van der Waals surface area (Å²) in [6.07, 6.45) is 0. The normalized spacial score (nSPS) is 15.1. The van der Waals surface area contributed by atoms with Crippen molar-refractivity contribution in [3.8, 4) is 0 Å². The number of nitrogens with one attached hydrogen (secondary N) is 2. The number of rotatable bonds is 7. The van der Waals surface area contributed by atoms with Gasteiger partial charge in [-0.3, -0.25) is 10.8 Å². The minimum atomic E-state index is -0.261. The first kappa shape index (κ1) is 13.8. The van der Waals surface area contributed by atoms with E-state index in [1.807, 2.05) is 0 Å². The van der Waals surface area contributed by atoms with Gasteiger partial charge < -0.3 is 11.5 Å². The van der Waals surface area contributed by atoms with Crippen LogP contribution in [0.1, 0.15) is 6.92 Å². The number of alkyl halides is 1. The van der Waals surface area contributed by atoms with Crippen LogP contribution in [-0.4, -0.2) is 30.6 Å². The number of nitrogens with two attached hydrogens (primary N) is 2. The Balaban J connectivity index is 3.88. The number of hydrogen-bond donors (Lipinski definition) is 4. The topological polar surface area (TPSA) is 124 Å². The van der Waals surface area contributed by atoms with Gasteiger partial charge in [0.15, 0.2) is 0 Å². The summed E-state index contributed by atoms with van der Waals surface area (Å²) in [6, 6.07) is 0. The Hall–Kier alpha value is -1.17. The summed E-state index contributed by atoms with van der Waals surface area (Å²) in [6.45, 7) is 2.48. The Morgan fingerprint density at radius 1 is 1.20 bits per heavy atom. The number of amidine groups is 2. The average molecular weight is 233 g/mol. The predicted octanol–water partition coefficient (Wildman–Crippen LogP) is 0.802. The molecule has 0 aromatic carbocycles. The van der Waals surface area contributed by atoms with Gasteiger partial charge >= 0.3 is 0 Å². The van der Waals surface area contributed by atoms with Crippen molar-refractivity contribution in [1.29, 1.82) is 10.8 Å². The molecule has 0 saturated carbocycles. The summed E-state index contributed by atoms with van der Waals surface area (Å²) in [4.78, 5) is 0. The summed E-state index contributed by atoms with van der Waals surface area (Å²) in [7, 11) is 0. The van der Waals surface area contributed by atoms with Crippen molar-refractivity contribution in [2.75, 3.05) is 19.0 Å². The minimum absolute atomic E-state index is 0.0172. The maximum atomic E-state index is 7.18. The molecule has 7 heteroatoms. The van der Waals surface area contributed by atoms with E-state index in [1.54, 1.807) is 6.92 Å². The summed E-state index contributed by atoms with van der Waals surface area (Å²) in [5, 5.41) is 22.0. The molecule has 0 aromatic rings. The lowest BCUT2D eigenvalue weighted by Gasteiger charge is -2.07. The molecule has 0 aromatic heterocycles. The van der Waals surface area contributed by atoms with Crippen LogP contribution >= 0.6 is 11.6 Å². The molecule has 0 fully saturated rings. The highest BCUT2D eigenvalue weighted by molar-refractivity contribution is 6.19. The zero-order chi connectivity index (χ0) is 11.8. The van der Waals surface area contributed by atoms with E-state index in [9.17, 15) is 0 Å². The molecule has 0 bridgehead atoms. The molecule has 0 spiro atoms. The smallest absolute Gasteiger partial charge is 0.0968 e. The lowest BCUT2D eigenvalue weighted by Crippen LogP contribution is -2.26. The molecular formula is C8H17ClN6. The van der Waals surface area contributed by atoms with Crippen LogP contribution in [0.25, 0.3) is 0 Å². The second-order valence-electron chi connectivity index (χ2n) is 3.31. The molecule has 6 N–H and O–H groups in total. The second kappa shape index (κ2) is 7.17. The first-order valence-electron chi connectivity index (χ1n) is 4.56. The lowest BCUT2D eigenvalue weighted by molar-refractivity contribution is 0.682. The summed E-state index contributed by atoms with van der Waals surface area (Å²) < 4.78 is 0. The van der Waals surface area contributed by atoms with Gasteiger partial charge in [0, 0.05) is 11.8 Å². The van der Waals surface area contributed by atoms with Gasteiger partial charge in [0.2, 0.25) is 0 Å². The van der Waals surface area contributed by atoms with Gasteiger partial charge in [-0.25, -0.2) is 0 Å². The lowest BCUT2D eigenvalue weighted by atomic mass is 10.1. The van der Waals surface area contributed by atoms with Crippen molar-refractivity contribution >= 4 is 23.3 Å². The molecule has 0 heterocycles. The van der Waals surface area contributed by atoms with Gasteiger partial charge in [-0.05, 0) is 0 Å². The van der Waals surface area contributed by atoms with Gasteiger partial charge in [-0.2, -0.15) is 10.2 Å². The van der Waals surface area contributed by atoms with E-state index in [-0.39, 0.29) is 29.4 Å². The first-order chi connectivity index (χ1) is 6.99. The average Bonchev–Trinajstić information content (AvgIpc) is 2.16. The molecule has 2 atom stereocenters. The van der Waals surface area contributed by atoms with E-state index < -0.39 is 0 Å². The van der Waals surface area contributed by atoms with E-state index in [4.69, 9.17) is 33.9 Å². The molecule has 0 rings (SSSR count). The largest absolute Gasteiger partial charge is 0.387 e. The molecule has 0 aliphatic heterocycles. The summed E-state index contributed by atoms with van der Waals surface area (Å²) >= 11 is 5.58. The third-order valence-corrected chi connectivity index (χ3v) is 2.29. The van der Waals surface area contributed by atoms with Crippen molar-refractivity contribution in [1.82, 2.24) is 0 Å². The third-order valence-electron chi connectivity index (χ3n) is 1.91. The van der Waals surface area contributed by atoms with Crippen LogP contribution in [0, 0.1) is 22.7 Å². The molecular weight excluding hydrogens is 216 g/mol. The third kappa shape index (κ3) is 6.01. The second-order valence-corrected chi connectivity index (χ2v) is 3.62. The van der Waals surface area contributed by atoms with Crippen LogP contribution in [0.5, 0.6) is 0 Å². The summed E-state index contributed by atoms with van der Waals surface area (Å²) in [5.74, 6) is -0.00192. The Kier molecular flexibility index (Phi) is 6.61. The molecule has 86 valence electrons. The Morgan fingerprint density at radius 2 is 1.73 bits per heavy atom. The van der Waals surface area contributed by atoms with Crippen molar-refractivity contribution in [3.63, 3.8) is 0 Å². The van der Waals surface area contributed by atoms with E-state index in [1.165, 1.54) is 0 Å².